The van der Waals surface area contributed by atoms with Crippen molar-refractivity contribution in [3.8, 4) is 56.4 Å². The van der Waals surface area contributed by atoms with E-state index >= 15 is 0 Å². The fourth-order valence-corrected chi connectivity index (χ4v) is 12.2. The topological polar surface area (TPSA) is 18.5 Å². The van der Waals surface area contributed by atoms with E-state index in [9.17, 15) is 0 Å². The van der Waals surface area contributed by atoms with Gasteiger partial charge in [0, 0.05) is 21.7 Å². The van der Waals surface area contributed by atoms with Gasteiger partial charge in [-0.1, -0.05) is 248 Å². The Morgan fingerprint density at radius 3 is 1.05 bits per heavy atom. The minimum Gasteiger partial charge on any atom is -0.458 e. The molecule has 0 saturated carbocycles. The van der Waals surface area contributed by atoms with Gasteiger partial charge >= 0.3 is 0 Å². The van der Waals surface area contributed by atoms with Crippen molar-refractivity contribution in [1.29, 1.82) is 0 Å². The second-order valence-electron chi connectivity index (χ2n) is 22.0. The zero-order chi connectivity index (χ0) is 50.3. The van der Waals surface area contributed by atoms with Crippen LogP contribution in [0.4, 0.5) is 0 Å². The van der Waals surface area contributed by atoms with Crippen LogP contribution in [-0.4, -0.2) is 6.71 Å². The average Bonchev–Trinajstić information content (AvgIpc) is 3.44. The van der Waals surface area contributed by atoms with Gasteiger partial charge in [0.1, 0.15) is 23.0 Å². The molecule has 0 atom stereocenters. The molecule has 3 heteroatoms. The van der Waals surface area contributed by atoms with Crippen LogP contribution in [0.15, 0.2) is 237 Å². The van der Waals surface area contributed by atoms with Crippen LogP contribution in [0, 0.1) is 0 Å². The maximum Gasteiger partial charge on any atom is 0.260 e. The van der Waals surface area contributed by atoms with E-state index in [1.165, 1.54) is 71.6 Å². The van der Waals surface area contributed by atoms with Crippen molar-refractivity contribution in [2.45, 2.75) is 57.8 Å². The average molecular weight is 953 g/mol. The first-order valence-corrected chi connectivity index (χ1v) is 26.1. The van der Waals surface area contributed by atoms with Crippen LogP contribution in [-0.2, 0) is 16.2 Å². The molecule has 0 amide bonds. The molecule has 0 aromatic heterocycles. The van der Waals surface area contributed by atoms with Gasteiger partial charge < -0.3 is 9.47 Å². The van der Waals surface area contributed by atoms with Crippen LogP contribution in [0.2, 0.25) is 0 Å². The van der Waals surface area contributed by atoms with Crippen LogP contribution >= 0.6 is 0 Å². The Kier molecular flexibility index (Phi) is 10.7. The molecular formula is C71H57BO2. The minimum atomic E-state index is -0.337. The fourth-order valence-electron chi connectivity index (χ4n) is 12.2. The van der Waals surface area contributed by atoms with E-state index in [0.717, 1.165) is 56.1 Å². The molecule has 0 radical (unpaired) electrons. The fraction of sp³-hybridized carbons (Fsp3) is 0.127. The second kappa shape index (κ2) is 17.4. The van der Waals surface area contributed by atoms with Gasteiger partial charge in [0.05, 0.1) is 0 Å². The number of hydrogen-bond donors (Lipinski definition) is 0. The highest BCUT2D eigenvalue weighted by Gasteiger charge is 2.42. The first kappa shape index (κ1) is 45.5. The summed E-state index contributed by atoms with van der Waals surface area (Å²) in [6, 6.07) is 86.8. The van der Waals surface area contributed by atoms with Gasteiger partial charge in [-0.05, 0) is 130 Å². The normalized spacial score (nSPS) is 12.9. The van der Waals surface area contributed by atoms with Crippen molar-refractivity contribution in [3.05, 3.63) is 270 Å². The molecule has 11 aromatic carbocycles. The smallest absolute Gasteiger partial charge is 0.260 e. The molecule has 2 heterocycles. The van der Waals surface area contributed by atoms with E-state index in [2.05, 4.69) is 278 Å². The molecule has 2 aliphatic rings. The van der Waals surface area contributed by atoms with Crippen LogP contribution < -0.4 is 25.9 Å². The Morgan fingerprint density at radius 2 is 0.622 bits per heavy atom. The summed E-state index contributed by atoms with van der Waals surface area (Å²) in [4.78, 5) is 0. The van der Waals surface area contributed by atoms with Crippen molar-refractivity contribution in [3.63, 3.8) is 0 Å². The maximum absolute atomic E-state index is 7.21. The number of benzene rings is 11. The lowest BCUT2D eigenvalue weighted by Gasteiger charge is -2.36. The molecule has 0 saturated heterocycles. The number of hydrogen-bond acceptors (Lipinski definition) is 2. The van der Waals surface area contributed by atoms with E-state index in [1.54, 1.807) is 0 Å². The van der Waals surface area contributed by atoms with Crippen LogP contribution in [0.1, 0.15) is 74.9 Å². The van der Waals surface area contributed by atoms with E-state index < -0.39 is 0 Å². The molecule has 13 rings (SSSR count). The standard InChI is InChI=1S/C71H57BO2/c1-69(2,50-25-13-8-14-26-50)53-35-37-62-60(44-53)72-61-45-54(70(3,4)51-27-15-9-16-28-51)36-38-63(61)74-65-43-48(42-64(73-62)68(65)72)47-39-49(41-55(40-47)71(5,6)52-29-17-10-18-30-52)67-58-33-21-19-31-56(58)66(46-23-11-7-12-24-46)57-32-20-22-34-59(57)67/h7-45H,1-6H3. The summed E-state index contributed by atoms with van der Waals surface area (Å²) in [5.74, 6) is 3.38. The van der Waals surface area contributed by atoms with Crippen molar-refractivity contribution in [2.75, 3.05) is 0 Å². The molecular weight excluding hydrogens is 896 g/mol. The number of fused-ring (bicyclic) bond motifs is 6. The highest BCUT2D eigenvalue weighted by Crippen LogP contribution is 2.48. The molecule has 11 aromatic rings. The first-order valence-electron chi connectivity index (χ1n) is 26.1. The van der Waals surface area contributed by atoms with E-state index in [4.69, 9.17) is 9.47 Å². The predicted octanol–water partition coefficient (Wildman–Crippen LogP) is 16.7. The molecule has 0 aliphatic carbocycles. The Hall–Kier alpha value is -8.40. The van der Waals surface area contributed by atoms with Crippen molar-refractivity contribution in [1.82, 2.24) is 0 Å². The van der Waals surface area contributed by atoms with Gasteiger partial charge in [0.2, 0.25) is 0 Å². The van der Waals surface area contributed by atoms with Gasteiger partial charge in [-0.2, -0.15) is 0 Å². The van der Waals surface area contributed by atoms with Crippen LogP contribution in [0.3, 0.4) is 0 Å². The Bertz CT molecular complexity index is 3790. The van der Waals surface area contributed by atoms with E-state index in [1.807, 2.05) is 0 Å². The third-order valence-corrected chi connectivity index (χ3v) is 16.7. The van der Waals surface area contributed by atoms with Crippen molar-refractivity contribution >= 4 is 44.6 Å². The largest absolute Gasteiger partial charge is 0.458 e. The lowest BCUT2D eigenvalue weighted by molar-refractivity contribution is 0.464. The van der Waals surface area contributed by atoms with Gasteiger partial charge in [0.25, 0.3) is 6.71 Å². The SMILES string of the molecule is CC(C)(c1ccccc1)c1cc(-c2cc3c4c(c2)Oc2ccc(C(C)(C)c5ccccc5)cc2B4c2cc(C(C)(C)c4ccccc4)ccc2O3)cc(-c2c3ccccc3c(-c3ccccc3)c3ccccc23)c1. The number of rotatable bonds is 9. The van der Waals surface area contributed by atoms with Gasteiger partial charge in [0.15, 0.2) is 0 Å². The zero-order valence-corrected chi connectivity index (χ0v) is 42.9. The Balaban J connectivity index is 1.03. The van der Waals surface area contributed by atoms with Gasteiger partial charge in [-0.25, -0.2) is 0 Å². The van der Waals surface area contributed by atoms with E-state index in [-0.39, 0.29) is 23.0 Å². The molecule has 0 spiro atoms. The quantitative estimate of drug-likeness (QED) is 0.106. The van der Waals surface area contributed by atoms with Crippen LogP contribution in [0.5, 0.6) is 23.0 Å². The first-order chi connectivity index (χ1) is 35.9. The summed E-state index contributed by atoms with van der Waals surface area (Å²) in [5, 5.41) is 4.91. The number of ether oxygens (including phenoxy) is 2. The Morgan fingerprint density at radius 1 is 0.270 bits per heavy atom. The van der Waals surface area contributed by atoms with Gasteiger partial charge in [-0.3, -0.25) is 0 Å². The highest BCUT2D eigenvalue weighted by molar-refractivity contribution is 6.98. The highest BCUT2D eigenvalue weighted by atomic mass is 16.5. The molecule has 2 aliphatic heterocycles. The lowest BCUT2D eigenvalue weighted by atomic mass is 9.34. The summed E-state index contributed by atoms with van der Waals surface area (Å²) in [6.07, 6.45) is 0. The summed E-state index contributed by atoms with van der Waals surface area (Å²) in [5.41, 5.74) is 17.0. The summed E-state index contributed by atoms with van der Waals surface area (Å²) >= 11 is 0. The minimum absolute atomic E-state index is 0.126. The molecule has 0 N–H and O–H groups in total. The maximum atomic E-state index is 7.21. The van der Waals surface area contributed by atoms with Crippen molar-refractivity contribution < 1.29 is 9.47 Å². The van der Waals surface area contributed by atoms with Crippen molar-refractivity contribution in [2.24, 2.45) is 0 Å². The molecule has 0 fully saturated rings. The molecule has 74 heavy (non-hydrogen) atoms. The molecule has 0 unspecified atom stereocenters. The second-order valence-corrected chi connectivity index (χ2v) is 22.0. The third kappa shape index (κ3) is 7.40. The summed E-state index contributed by atoms with van der Waals surface area (Å²) in [6.45, 7) is 13.9. The van der Waals surface area contributed by atoms with E-state index in [0.29, 0.717) is 0 Å². The van der Waals surface area contributed by atoms with Crippen LogP contribution in [0.25, 0.3) is 54.9 Å². The van der Waals surface area contributed by atoms with Gasteiger partial charge in [-0.15, -0.1) is 0 Å². The monoisotopic (exact) mass is 952 g/mol. The lowest BCUT2D eigenvalue weighted by Crippen LogP contribution is -2.57. The molecule has 0 bridgehead atoms. The predicted molar refractivity (Wildman–Crippen MR) is 311 cm³/mol. The summed E-state index contributed by atoms with van der Waals surface area (Å²) in [7, 11) is 0. The molecule has 2 nitrogen and oxygen atoms in total. The summed E-state index contributed by atoms with van der Waals surface area (Å²) < 4.78 is 14.4. The third-order valence-electron chi connectivity index (χ3n) is 16.7. The Labute approximate surface area is 436 Å². The molecule has 356 valence electrons. The zero-order valence-electron chi connectivity index (χ0n) is 42.9.